The monoisotopic (exact) mass is 791 g/mol. The van der Waals surface area contributed by atoms with Crippen LogP contribution in [0.15, 0.2) is 12.2 Å². The first kappa shape index (κ1) is 45.4. The van der Waals surface area contributed by atoms with Gasteiger partial charge in [0.2, 0.25) is 5.79 Å². The van der Waals surface area contributed by atoms with E-state index in [1.165, 1.54) is 6.92 Å². The van der Waals surface area contributed by atoms with Gasteiger partial charge in [-0.3, -0.25) is 14.4 Å². The third kappa shape index (κ3) is 8.62. The van der Waals surface area contributed by atoms with Crippen LogP contribution >= 0.6 is 0 Å². The number of ether oxygens (including phenoxy) is 6. The third-order valence-corrected chi connectivity index (χ3v) is 14.9. The summed E-state index contributed by atoms with van der Waals surface area (Å²) in [4.78, 5) is 39.4. The number of carbonyl (C=O) groups excluding carboxylic acids is 3. The van der Waals surface area contributed by atoms with Gasteiger partial charge in [0, 0.05) is 42.9 Å². The average molecular weight is 791 g/mol. The highest BCUT2D eigenvalue weighted by atomic mass is 16.8. The zero-order chi connectivity index (χ0) is 41.5. The van der Waals surface area contributed by atoms with E-state index in [2.05, 4.69) is 20.8 Å². The van der Waals surface area contributed by atoms with Crippen molar-refractivity contribution >= 4 is 17.5 Å². The predicted molar refractivity (Wildman–Crippen MR) is 211 cm³/mol. The first-order valence-electron chi connectivity index (χ1n) is 21.9. The molecule has 0 bridgehead atoms. The van der Waals surface area contributed by atoms with Crippen LogP contribution in [-0.4, -0.2) is 93.3 Å². The fourth-order valence-electron chi connectivity index (χ4n) is 11.0. The summed E-state index contributed by atoms with van der Waals surface area (Å²) in [6, 6.07) is 0. The van der Waals surface area contributed by atoms with Crippen molar-refractivity contribution in [1.82, 2.24) is 0 Å². The highest BCUT2D eigenvalue weighted by Gasteiger charge is 2.64. The molecule has 11 nitrogen and oxygen atoms in total. The Morgan fingerprint density at radius 2 is 1.55 bits per heavy atom. The van der Waals surface area contributed by atoms with E-state index >= 15 is 0 Å². The molecule has 0 aromatic rings. The summed E-state index contributed by atoms with van der Waals surface area (Å²) in [5, 5.41) is 22.9. The molecule has 5 aliphatic heterocycles. The summed E-state index contributed by atoms with van der Waals surface area (Å²) < 4.78 is 40.1. The lowest BCUT2D eigenvalue weighted by Gasteiger charge is -2.54. The van der Waals surface area contributed by atoms with Crippen LogP contribution in [0, 0.1) is 41.4 Å². The molecule has 5 rings (SSSR count). The Hall–Kier alpha value is -1.73. The van der Waals surface area contributed by atoms with Crippen LogP contribution in [0.2, 0.25) is 0 Å². The third-order valence-electron chi connectivity index (χ3n) is 14.9. The molecule has 0 saturated carbocycles. The van der Waals surface area contributed by atoms with Crippen LogP contribution in [0.25, 0.3) is 0 Å². The normalized spacial score (nSPS) is 44.2. The summed E-state index contributed by atoms with van der Waals surface area (Å²) in [5.74, 6) is -4.66. The number of Topliss-reactive ketones (excluding diaryl/α,β-unsaturated/α-hetero) is 2. The maximum absolute atomic E-state index is 14.6. The van der Waals surface area contributed by atoms with Gasteiger partial charge < -0.3 is 38.6 Å². The molecule has 320 valence electrons. The number of ketones is 2. The number of aliphatic hydroxyl groups excluding tert-OH is 1. The predicted octanol–water partition coefficient (Wildman–Crippen LogP) is 7.26. The van der Waals surface area contributed by atoms with Crippen molar-refractivity contribution in [2.75, 3.05) is 0 Å². The van der Waals surface area contributed by atoms with E-state index in [-0.39, 0.29) is 65.6 Å². The zero-order valence-electron chi connectivity index (χ0n) is 36.4. The minimum absolute atomic E-state index is 0.00894. The van der Waals surface area contributed by atoms with Crippen LogP contribution in [0.5, 0.6) is 0 Å². The Morgan fingerprint density at radius 1 is 0.875 bits per heavy atom. The van der Waals surface area contributed by atoms with E-state index < -0.39 is 58.9 Å². The minimum Gasteiger partial charge on any atom is -0.453 e. The topological polar surface area (TPSA) is 147 Å². The first-order chi connectivity index (χ1) is 26.2. The second-order valence-electron chi connectivity index (χ2n) is 18.8. The van der Waals surface area contributed by atoms with E-state index in [1.54, 1.807) is 6.92 Å². The van der Waals surface area contributed by atoms with Crippen LogP contribution in [-0.2, 0) is 42.8 Å². The van der Waals surface area contributed by atoms with Gasteiger partial charge in [-0.25, -0.2) is 0 Å². The fraction of sp³-hybridized carbons (Fsp3) is 0.889. The summed E-state index contributed by atoms with van der Waals surface area (Å²) in [6.45, 7) is 23.0. The second-order valence-corrected chi connectivity index (χ2v) is 18.8. The second kappa shape index (κ2) is 17.5. The van der Waals surface area contributed by atoms with Crippen molar-refractivity contribution < 1.29 is 53.0 Å². The van der Waals surface area contributed by atoms with Crippen molar-refractivity contribution in [3.8, 4) is 0 Å². The summed E-state index contributed by atoms with van der Waals surface area (Å²) in [6.07, 6.45) is 6.64. The molecule has 2 spiro atoms. The lowest BCUT2D eigenvalue weighted by Crippen LogP contribution is -2.63. The van der Waals surface area contributed by atoms with Crippen molar-refractivity contribution in [1.29, 1.82) is 0 Å². The summed E-state index contributed by atoms with van der Waals surface area (Å²) in [7, 11) is 0. The average Bonchev–Trinajstić information content (AvgIpc) is 3.49. The molecule has 4 fully saturated rings. The van der Waals surface area contributed by atoms with Gasteiger partial charge in [-0.05, 0) is 103 Å². The number of hydrogen-bond donors (Lipinski definition) is 2. The van der Waals surface area contributed by atoms with Crippen molar-refractivity contribution in [3.05, 3.63) is 12.2 Å². The highest BCUT2D eigenvalue weighted by Crippen LogP contribution is 2.54. The minimum atomic E-state index is -1.36. The van der Waals surface area contributed by atoms with Gasteiger partial charge in [-0.2, -0.15) is 0 Å². The number of rotatable bonds is 13. The molecule has 0 aromatic carbocycles. The standard InChI is InChI=1S/C45H74O11/c1-13-33(30(9)46)35-17-16-25(4)40(53-35)29(8)38(48)28(7)39(49)34(14-2)41-26(5)24-27(6)44(54-41)21-19-37(52-32(11)47)45(56-44)23-22-42(12,55-45)36-18-20-43(50,15-3)31(10)51-36/h19,21,25-29,31,33-38,40-41,48,50H,13-18,20,22-24H2,1-12H3/t25-,26-,27+,28-,29-,31-,33-,34-,35+,36+,37+,38+,40+,41-,42-,43+,44-,45-/m0/s1. The number of aliphatic hydroxyl groups is 2. The van der Waals surface area contributed by atoms with Gasteiger partial charge in [-0.1, -0.05) is 55.4 Å². The van der Waals surface area contributed by atoms with Crippen molar-refractivity contribution in [3.63, 3.8) is 0 Å². The van der Waals surface area contributed by atoms with Crippen molar-refractivity contribution in [2.24, 2.45) is 41.4 Å². The molecule has 4 saturated heterocycles. The number of esters is 1. The van der Waals surface area contributed by atoms with Crippen molar-refractivity contribution in [2.45, 2.75) is 213 Å². The van der Waals surface area contributed by atoms with Crippen LogP contribution < -0.4 is 0 Å². The summed E-state index contributed by atoms with van der Waals surface area (Å²) in [5.41, 5.74) is -1.68. The van der Waals surface area contributed by atoms with E-state index in [1.807, 2.05) is 60.6 Å². The highest BCUT2D eigenvalue weighted by molar-refractivity contribution is 5.84. The van der Waals surface area contributed by atoms with E-state index in [4.69, 9.17) is 28.4 Å². The Morgan fingerprint density at radius 3 is 2.14 bits per heavy atom. The number of hydrogen-bond acceptors (Lipinski definition) is 11. The lowest BCUT2D eigenvalue weighted by atomic mass is 9.72. The van der Waals surface area contributed by atoms with Gasteiger partial charge in [0.25, 0.3) is 0 Å². The molecule has 0 amide bonds. The molecule has 0 aromatic heterocycles. The van der Waals surface area contributed by atoms with E-state index in [0.717, 1.165) is 12.8 Å². The molecular formula is C45H74O11. The van der Waals surface area contributed by atoms with E-state index in [9.17, 15) is 24.6 Å². The molecular weight excluding hydrogens is 716 g/mol. The fourth-order valence-corrected chi connectivity index (χ4v) is 11.0. The SMILES string of the molecule is CC[C@@H](C(=O)[C@@H](C)[C@@H](O)[C@H](C)[C@@H]1O[C@@H]([C@@H](CC)C(C)=O)CC[C@@H]1C)[C@H]1O[C@]2(C=C[C@@H](OC(C)=O)[C@]3(CC[C@@](C)([C@H]4CC[C@](O)(CC)[C@H](C)O4)O3)O2)[C@H](C)C[C@@H]1C. The Bertz CT molecular complexity index is 1430. The Balaban J connectivity index is 1.36. The lowest BCUT2D eigenvalue weighted by molar-refractivity contribution is -0.409. The smallest absolute Gasteiger partial charge is 0.303 e. The molecule has 0 radical (unpaired) electrons. The van der Waals surface area contributed by atoms with Gasteiger partial charge in [0.15, 0.2) is 11.9 Å². The Kier molecular flexibility index (Phi) is 14.2. The maximum atomic E-state index is 14.6. The molecule has 56 heavy (non-hydrogen) atoms. The molecule has 5 heterocycles. The molecule has 0 aliphatic carbocycles. The van der Waals surface area contributed by atoms with E-state index in [0.29, 0.717) is 51.4 Å². The number of carbonyl (C=O) groups is 3. The quantitative estimate of drug-likeness (QED) is 0.144. The summed E-state index contributed by atoms with van der Waals surface area (Å²) >= 11 is 0. The molecule has 11 heteroatoms. The van der Waals surface area contributed by atoms with Gasteiger partial charge in [0.1, 0.15) is 11.6 Å². The van der Waals surface area contributed by atoms with Crippen LogP contribution in [0.1, 0.15) is 147 Å². The zero-order valence-corrected chi connectivity index (χ0v) is 36.4. The molecule has 0 unspecified atom stereocenters. The van der Waals surface area contributed by atoms with Crippen LogP contribution in [0.4, 0.5) is 0 Å². The van der Waals surface area contributed by atoms with Gasteiger partial charge >= 0.3 is 5.97 Å². The van der Waals surface area contributed by atoms with Gasteiger partial charge in [0.05, 0.1) is 47.8 Å². The molecule has 18 atom stereocenters. The largest absolute Gasteiger partial charge is 0.453 e. The molecule has 2 N–H and O–H groups in total. The van der Waals surface area contributed by atoms with Crippen LogP contribution in [0.3, 0.4) is 0 Å². The maximum Gasteiger partial charge on any atom is 0.303 e. The molecule has 5 aliphatic rings. The Labute approximate surface area is 336 Å². The van der Waals surface area contributed by atoms with Gasteiger partial charge in [-0.15, -0.1) is 0 Å². The first-order valence-corrected chi connectivity index (χ1v) is 21.9.